The summed E-state index contributed by atoms with van der Waals surface area (Å²) in [6.07, 6.45) is 4.48. The minimum Gasteiger partial charge on any atom is -0.340 e. The fourth-order valence-electron chi connectivity index (χ4n) is 3.15. The molecule has 0 bridgehead atoms. The maximum Gasteiger partial charge on any atom is 0.249 e. The van der Waals surface area contributed by atoms with Gasteiger partial charge in [0, 0.05) is 11.1 Å². The summed E-state index contributed by atoms with van der Waals surface area (Å²) < 4.78 is 0. The van der Waals surface area contributed by atoms with Crippen LogP contribution in [0.15, 0.2) is 6.20 Å². The van der Waals surface area contributed by atoms with Gasteiger partial charge in [-0.25, -0.2) is 4.98 Å². The Morgan fingerprint density at radius 3 is 2.71 bits per heavy atom. The fraction of sp³-hybridized carbons (Fsp3) is 0.667. The average molecular weight is 307 g/mol. The molecular formula is C15H21N3O2S. The first-order valence-electron chi connectivity index (χ1n) is 7.50. The first-order valence-corrected chi connectivity index (χ1v) is 8.31. The molecule has 1 N–H and O–H groups in total. The van der Waals surface area contributed by atoms with Gasteiger partial charge in [-0.3, -0.25) is 9.59 Å². The molecule has 1 aliphatic carbocycles. The molecule has 1 aromatic rings. The summed E-state index contributed by atoms with van der Waals surface area (Å²) in [5, 5.41) is 3.97. The molecular weight excluding hydrogens is 286 g/mol. The van der Waals surface area contributed by atoms with Crippen LogP contribution in [0.5, 0.6) is 0 Å². The molecule has 114 valence electrons. The lowest BCUT2D eigenvalue weighted by molar-refractivity contribution is -0.156. The third kappa shape index (κ3) is 2.46. The Morgan fingerprint density at radius 2 is 2.19 bits per heavy atom. The third-order valence-electron chi connectivity index (χ3n) is 4.54. The number of aryl methyl sites for hydroxylation is 1. The highest BCUT2D eigenvalue weighted by atomic mass is 32.1. The van der Waals surface area contributed by atoms with Gasteiger partial charge in [0.05, 0.1) is 11.6 Å². The minimum atomic E-state index is -0.720. The highest BCUT2D eigenvalue weighted by Crippen LogP contribution is 2.42. The summed E-state index contributed by atoms with van der Waals surface area (Å²) in [4.78, 5) is 32.4. The first-order chi connectivity index (χ1) is 9.95. The van der Waals surface area contributed by atoms with Crippen LogP contribution in [-0.2, 0) is 16.1 Å². The van der Waals surface area contributed by atoms with Gasteiger partial charge in [0.25, 0.3) is 0 Å². The van der Waals surface area contributed by atoms with Gasteiger partial charge in [-0.2, -0.15) is 0 Å². The molecule has 2 unspecified atom stereocenters. The maximum absolute atomic E-state index is 13.0. The normalized spacial score (nSPS) is 29.7. The van der Waals surface area contributed by atoms with Crippen molar-refractivity contribution in [3.8, 4) is 0 Å². The van der Waals surface area contributed by atoms with E-state index in [1.165, 1.54) is 0 Å². The molecule has 0 spiro atoms. The Labute approximate surface area is 128 Å². The zero-order chi connectivity index (χ0) is 15.2. The smallest absolute Gasteiger partial charge is 0.249 e. The highest BCUT2D eigenvalue weighted by Gasteiger charge is 2.54. The molecule has 5 nitrogen and oxygen atoms in total. The summed E-state index contributed by atoms with van der Waals surface area (Å²) in [6.45, 7) is 6.26. The van der Waals surface area contributed by atoms with Gasteiger partial charge < -0.3 is 10.2 Å². The van der Waals surface area contributed by atoms with Crippen molar-refractivity contribution in [1.29, 1.82) is 0 Å². The van der Waals surface area contributed by atoms with Gasteiger partial charge in [-0.1, -0.05) is 6.92 Å². The standard InChI is InChI=1S/C15H21N3O2S/c1-4-12-13(19)17-15(3,10-5-6-10)14(20)18(12)8-11-7-16-9(2)21-11/h7,10,12H,4-6,8H2,1-3H3,(H,17,19). The maximum atomic E-state index is 13.0. The largest absolute Gasteiger partial charge is 0.340 e. The molecule has 2 heterocycles. The molecule has 2 fully saturated rings. The molecule has 2 aliphatic rings. The van der Waals surface area contributed by atoms with Crippen LogP contribution in [0.3, 0.4) is 0 Å². The molecule has 6 heteroatoms. The van der Waals surface area contributed by atoms with Crippen LogP contribution >= 0.6 is 11.3 Å². The van der Waals surface area contributed by atoms with E-state index in [0.29, 0.717) is 13.0 Å². The van der Waals surface area contributed by atoms with Crippen molar-refractivity contribution in [2.45, 2.75) is 58.2 Å². The SMILES string of the molecule is CCC1C(=O)NC(C)(C2CC2)C(=O)N1Cc1cnc(C)s1. The lowest BCUT2D eigenvalue weighted by Gasteiger charge is -2.44. The van der Waals surface area contributed by atoms with E-state index >= 15 is 0 Å². The van der Waals surface area contributed by atoms with Gasteiger partial charge in [0.1, 0.15) is 11.6 Å². The van der Waals surface area contributed by atoms with Crippen LogP contribution in [0.4, 0.5) is 0 Å². The predicted octanol–water partition coefficient (Wildman–Crippen LogP) is 1.86. The van der Waals surface area contributed by atoms with Gasteiger partial charge in [0.2, 0.25) is 11.8 Å². The Morgan fingerprint density at radius 1 is 1.48 bits per heavy atom. The van der Waals surface area contributed by atoms with Crippen molar-refractivity contribution in [3.63, 3.8) is 0 Å². The number of aromatic nitrogens is 1. The molecule has 3 rings (SSSR count). The summed E-state index contributed by atoms with van der Waals surface area (Å²) >= 11 is 1.58. The predicted molar refractivity (Wildman–Crippen MR) is 80.8 cm³/mol. The number of piperazine rings is 1. The highest BCUT2D eigenvalue weighted by molar-refractivity contribution is 7.11. The number of nitrogens with one attached hydrogen (secondary N) is 1. The molecule has 1 saturated carbocycles. The zero-order valence-corrected chi connectivity index (χ0v) is 13.5. The second-order valence-corrected chi connectivity index (χ2v) is 7.49. The van der Waals surface area contributed by atoms with E-state index in [2.05, 4.69) is 10.3 Å². The molecule has 1 saturated heterocycles. The molecule has 1 aliphatic heterocycles. The molecule has 2 amide bonds. The second kappa shape index (κ2) is 5.09. The number of thiazole rings is 1. The summed E-state index contributed by atoms with van der Waals surface area (Å²) in [5.74, 6) is 0.327. The van der Waals surface area contributed by atoms with Crippen molar-refractivity contribution in [3.05, 3.63) is 16.1 Å². The van der Waals surface area contributed by atoms with E-state index in [0.717, 1.165) is 22.7 Å². The van der Waals surface area contributed by atoms with Crippen molar-refractivity contribution in [1.82, 2.24) is 15.2 Å². The number of hydrogen-bond acceptors (Lipinski definition) is 4. The van der Waals surface area contributed by atoms with Crippen molar-refractivity contribution in [2.75, 3.05) is 0 Å². The van der Waals surface area contributed by atoms with Crippen molar-refractivity contribution in [2.24, 2.45) is 5.92 Å². The van der Waals surface area contributed by atoms with E-state index in [1.807, 2.05) is 20.8 Å². The number of carbonyl (C=O) groups is 2. The van der Waals surface area contributed by atoms with Gasteiger partial charge in [-0.15, -0.1) is 11.3 Å². The van der Waals surface area contributed by atoms with Crippen LogP contribution in [-0.4, -0.2) is 33.3 Å². The van der Waals surface area contributed by atoms with E-state index in [9.17, 15) is 9.59 Å². The topological polar surface area (TPSA) is 62.3 Å². The molecule has 0 radical (unpaired) electrons. The quantitative estimate of drug-likeness (QED) is 0.923. The lowest BCUT2D eigenvalue weighted by atomic mass is 9.89. The number of hydrogen-bond donors (Lipinski definition) is 1. The van der Waals surface area contributed by atoms with Gasteiger partial charge >= 0.3 is 0 Å². The molecule has 0 aromatic carbocycles. The Kier molecular flexibility index (Phi) is 3.51. The summed E-state index contributed by atoms with van der Waals surface area (Å²) in [7, 11) is 0. The number of nitrogens with zero attached hydrogens (tertiary/aromatic N) is 2. The zero-order valence-electron chi connectivity index (χ0n) is 12.7. The molecule has 2 atom stereocenters. The average Bonchev–Trinajstić information content (AvgIpc) is 3.21. The number of rotatable bonds is 4. The van der Waals surface area contributed by atoms with Crippen LogP contribution < -0.4 is 5.32 Å². The first kappa shape index (κ1) is 14.5. The number of carbonyl (C=O) groups excluding carboxylic acids is 2. The second-order valence-electron chi connectivity index (χ2n) is 6.17. The minimum absolute atomic E-state index is 0.0206. The summed E-state index contributed by atoms with van der Waals surface area (Å²) in [5.41, 5.74) is -0.720. The van der Waals surface area contributed by atoms with Crippen LogP contribution in [0.25, 0.3) is 0 Å². The van der Waals surface area contributed by atoms with E-state index in [-0.39, 0.29) is 23.8 Å². The Balaban J connectivity index is 1.89. The van der Waals surface area contributed by atoms with Crippen LogP contribution in [0, 0.1) is 12.8 Å². The monoisotopic (exact) mass is 307 g/mol. The lowest BCUT2D eigenvalue weighted by Crippen LogP contribution is -2.69. The van der Waals surface area contributed by atoms with E-state index in [4.69, 9.17) is 0 Å². The molecule has 1 aromatic heterocycles. The van der Waals surface area contributed by atoms with Crippen LogP contribution in [0.2, 0.25) is 0 Å². The van der Waals surface area contributed by atoms with Gasteiger partial charge in [-0.05, 0) is 39.0 Å². The van der Waals surface area contributed by atoms with E-state index in [1.54, 1.807) is 22.4 Å². The van der Waals surface area contributed by atoms with Gasteiger partial charge in [0.15, 0.2) is 0 Å². The molecule has 21 heavy (non-hydrogen) atoms. The van der Waals surface area contributed by atoms with Crippen molar-refractivity contribution >= 4 is 23.2 Å². The third-order valence-corrected chi connectivity index (χ3v) is 5.44. The fourth-order valence-corrected chi connectivity index (χ4v) is 3.94. The number of amides is 2. The van der Waals surface area contributed by atoms with E-state index < -0.39 is 5.54 Å². The Bertz CT molecular complexity index is 581. The van der Waals surface area contributed by atoms with Crippen molar-refractivity contribution < 1.29 is 9.59 Å². The van der Waals surface area contributed by atoms with Crippen LogP contribution in [0.1, 0.15) is 43.0 Å². The Hall–Kier alpha value is -1.43. The summed E-state index contributed by atoms with van der Waals surface area (Å²) in [6, 6.07) is -0.369.